The molecule has 0 spiro atoms. The highest BCUT2D eigenvalue weighted by atomic mass is 79.9. The van der Waals surface area contributed by atoms with E-state index in [1.54, 1.807) is 19.1 Å². The van der Waals surface area contributed by atoms with Gasteiger partial charge in [0.25, 0.3) is 0 Å². The van der Waals surface area contributed by atoms with Crippen LogP contribution in [0.1, 0.15) is 29.7 Å². The van der Waals surface area contributed by atoms with Crippen molar-refractivity contribution in [3.63, 3.8) is 0 Å². The van der Waals surface area contributed by atoms with Crippen molar-refractivity contribution in [1.82, 2.24) is 5.32 Å². The second kappa shape index (κ2) is 8.62. The fraction of sp³-hybridized carbons (Fsp3) is 0.278. The average Bonchev–Trinajstić information content (AvgIpc) is 2.53. The van der Waals surface area contributed by atoms with Gasteiger partial charge in [-0.25, -0.2) is 0 Å². The van der Waals surface area contributed by atoms with Gasteiger partial charge in [0.2, 0.25) is 5.91 Å². The molecule has 2 aromatic carbocycles. The molecule has 0 heterocycles. The maximum Gasteiger partial charge on any atom is 0.244 e. The highest BCUT2D eigenvalue weighted by Crippen LogP contribution is 2.21. The number of carbonyl (C=O) groups excluding carboxylic acids is 1. The lowest BCUT2D eigenvalue weighted by atomic mass is 9.92. The summed E-state index contributed by atoms with van der Waals surface area (Å²) in [5, 5.41) is 13.0. The first-order valence-corrected chi connectivity index (χ1v) is 8.18. The number of nitrogens with one attached hydrogen (secondary N) is 1. The molecule has 2 aromatic rings. The lowest BCUT2D eigenvalue weighted by molar-refractivity contribution is -0.126. The molecule has 0 aliphatic heterocycles. The highest BCUT2D eigenvalue weighted by Gasteiger charge is 2.30. The van der Waals surface area contributed by atoms with Crippen LogP contribution < -0.4 is 11.1 Å². The van der Waals surface area contributed by atoms with Crippen LogP contribution in [0, 0.1) is 6.92 Å². The van der Waals surface area contributed by atoms with Crippen molar-refractivity contribution in [2.45, 2.75) is 25.5 Å². The third-order valence-corrected chi connectivity index (χ3v) is 4.45. The zero-order valence-electron chi connectivity index (χ0n) is 13.6. The van der Waals surface area contributed by atoms with Crippen LogP contribution >= 0.6 is 28.3 Å². The number of halogens is 2. The van der Waals surface area contributed by atoms with E-state index in [4.69, 9.17) is 5.73 Å². The fourth-order valence-corrected chi connectivity index (χ4v) is 2.64. The Morgan fingerprint density at radius 2 is 1.83 bits per heavy atom. The first-order chi connectivity index (χ1) is 10.8. The minimum absolute atomic E-state index is 0. The van der Waals surface area contributed by atoms with E-state index in [1.165, 1.54) is 0 Å². The molecule has 0 radical (unpaired) electrons. The minimum Gasteiger partial charge on any atom is -0.387 e. The third-order valence-electron chi connectivity index (χ3n) is 3.92. The lowest BCUT2D eigenvalue weighted by Gasteiger charge is -2.25. The third kappa shape index (κ3) is 4.80. The number of aliphatic hydroxyl groups is 1. The number of rotatable bonds is 5. The molecule has 4 nitrogen and oxygen atoms in total. The molecule has 2 unspecified atom stereocenters. The van der Waals surface area contributed by atoms with Gasteiger partial charge in [-0.1, -0.05) is 52.3 Å². The van der Waals surface area contributed by atoms with Gasteiger partial charge in [-0.2, -0.15) is 0 Å². The van der Waals surface area contributed by atoms with Crippen molar-refractivity contribution < 1.29 is 9.90 Å². The van der Waals surface area contributed by atoms with Gasteiger partial charge in [-0.05, 0) is 42.7 Å². The Kier molecular flexibility index (Phi) is 7.42. The molecule has 2 atom stereocenters. The summed E-state index contributed by atoms with van der Waals surface area (Å²) in [4.78, 5) is 12.4. The molecule has 130 valence electrons. The minimum atomic E-state index is -1.16. The van der Waals surface area contributed by atoms with Crippen LogP contribution in [0.15, 0.2) is 53.0 Å². The monoisotopic (exact) mass is 412 g/mol. The van der Waals surface area contributed by atoms with E-state index >= 15 is 0 Å². The zero-order chi connectivity index (χ0) is 17.0. The van der Waals surface area contributed by atoms with Crippen LogP contribution in [0.2, 0.25) is 0 Å². The number of hydrogen-bond acceptors (Lipinski definition) is 3. The number of benzene rings is 2. The van der Waals surface area contributed by atoms with Crippen molar-refractivity contribution in [3.8, 4) is 0 Å². The van der Waals surface area contributed by atoms with Crippen LogP contribution in [0.3, 0.4) is 0 Å². The lowest BCUT2D eigenvalue weighted by Crippen LogP contribution is -2.49. The summed E-state index contributed by atoms with van der Waals surface area (Å²) in [6.45, 7) is 3.70. The van der Waals surface area contributed by atoms with Crippen LogP contribution in [0.4, 0.5) is 0 Å². The Labute approximate surface area is 157 Å². The molecule has 0 aliphatic carbocycles. The quantitative estimate of drug-likeness (QED) is 0.704. The van der Waals surface area contributed by atoms with Crippen molar-refractivity contribution in [3.05, 3.63) is 69.7 Å². The van der Waals surface area contributed by atoms with E-state index in [1.807, 2.05) is 43.3 Å². The summed E-state index contributed by atoms with van der Waals surface area (Å²) in [6, 6.07) is 14.9. The SMILES string of the molecule is Cc1ccccc1C(O)CNC(=O)C(C)(N)c1ccc(Br)cc1.Cl. The zero-order valence-corrected chi connectivity index (χ0v) is 16.0. The van der Waals surface area contributed by atoms with E-state index in [0.717, 1.165) is 15.6 Å². The van der Waals surface area contributed by atoms with Gasteiger partial charge in [0.1, 0.15) is 5.54 Å². The molecule has 0 saturated heterocycles. The van der Waals surface area contributed by atoms with Gasteiger partial charge >= 0.3 is 0 Å². The molecule has 0 aliphatic rings. The Morgan fingerprint density at radius 1 is 1.25 bits per heavy atom. The molecule has 4 N–H and O–H groups in total. The molecule has 0 fully saturated rings. The van der Waals surface area contributed by atoms with E-state index in [2.05, 4.69) is 21.2 Å². The van der Waals surface area contributed by atoms with Gasteiger partial charge in [-0.15, -0.1) is 12.4 Å². The van der Waals surface area contributed by atoms with Crippen molar-refractivity contribution in [1.29, 1.82) is 0 Å². The second-order valence-electron chi connectivity index (χ2n) is 5.79. The maximum atomic E-state index is 12.4. The average molecular weight is 414 g/mol. The topological polar surface area (TPSA) is 75.3 Å². The van der Waals surface area contributed by atoms with Crippen LogP contribution in [-0.4, -0.2) is 17.6 Å². The summed E-state index contributed by atoms with van der Waals surface area (Å²) in [5.41, 5.74) is 7.51. The number of aryl methyl sites for hydroxylation is 1. The largest absolute Gasteiger partial charge is 0.387 e. The molecule has 0 bridgehead atoms. The molecular formula is C18H22BrClN2O2. The van der Waals surface area contributed by atoms with E-state index in [9.17, 15) is 9.90 Å². The van der Waals surface area contributed by atoms with Crippen LogP contribution in [0.25, 0.3) is 0 Å². The first kappa shape index (κ1) is 20.6. The number of aliphatic hydroxyl groups excluding tert-OH is 1. The number of hydrogen-bond donors (Lipinski definition) is 3. The summed E-state index contributed by atoms with van der Waals surface area (Å²) >= 11 is 3.36. The van der Waals surface area contributed by atoms with Crippen molar-refractivity contribution in [2.75, 3.05) is 6.54 Å². The molecular weight excluding hydrogens is 392 g/mol. The summed E-state index contributed by atoms with van der Waals surface area (Å²) in [5.74, 6) is -0.326. The van der Waals surface area contributed by atoms with E-state index in [0.29, 0.717) is 5.56 Å². The molecule has 1 amide bonds. The Hall–Kier alpha value is -1.40. The smallest absolute Gasteiger partial charge is 0.244 e. The number of carbonyl (C=O) groups is 1. The number of amides is 1. The van der Waals surface area contributed by atoms with Crippen molar-refractivity contribution >= 4 is 34.2 Å². The Balaban J connectivity index is 0.00000288. The van der Waals surface area contributed by atoms with Crippen LogP contribution in [-0.2, 0) is 10.3 Å². The molecule has 2 rings (SSSR count). The van der Waals surface area contributed by atoms with Gasteiger partial charge < -0.3 is 16.2 Å². The van der Waals surface area contributed by atoms with Gasteiger partial charge in [0.05, 0.1) is 6.10 Å². The van der Waals surface area contributed by atoms with E-state index in [-0.39, 0.29) is 24.9 Å². The predicted molar refractivity (Wildman–Crippen MR) is 102 cm³/mol. The summed E-state index contributed by atoms with van der Waals surface area (Å²) in [7, 11) is 0. The molecule has 24 heavy (non-hydrogen) atoms. The molecule has 6 heteroatoms. The summed E-state index contributed by atoms with van der Waals surface area (Å²) in [6.07, 6.45) is -0.763. The van der Waals surface area contributed by atoms with Crippen molar-refractivity contribution in [2.24, 2.45) is 5.73 Å². The van der Waals surface area contributed by atoms with Gasteiger partial charge in [0, 0.05) is 11.0 Å². The van der Waals surface area contributed by atoms with Gasteiger partial charge in [0.15, 0.2) is 0 Å². The van der Waals surface area contributed by atoms with Gasteiger partial charge in [-0.3, -0.25) is 4.79 Å². The predicted octanol–water partition coefficient (Wildman–Crippen LogP) is 3.20. The second-order valence-corrected chi connectivity index (χ2v) is 6.71. The standard InChI is InChI=1S/C18H21BrN2O2.ClH/c1-12-5-3-4-6-15(12)16(22)11-21-17(23)18(2,20)13-7-9-14(19)10-8-13;/h3-10,16,22H,11,20H2,1-2H3,(H,21,23);1H. The molecule has 0 saturated carbocycles. The normalized spacial score (nSPS) is 14.2. The first-order valence-electron chi connectivity index (χ1n) is 7.39. The Morgan fingerprint density at radius 3 is 2.42 bits per heavy atom. The number of nitrogens with two attached hydrogens (primary N) is 1. The van der Waals surface area contributed by atoms with Crippen LogP contribution in [0.5, 0.6) is 0 Å². The fourth-order valence-electron chi connectivity index (χ4n) is 2.37. The highest BCUT2D eigenvalue weighted by molar-refractivity contribution is 9.10. The Bertz CT molecular complexity index is 690. The van der Waals surface area contributed by atoms with E-state index < -0.39 is 11.6 Å². The molecule has 0 aromatic heterocycles. The maximum absolute atomic E-state index is 12.4. The summed E-state index contributed by atoms with van der Waals surface area (Å²) < 4.78 is 0.924.